The average molecular weight is 320 g/mol. The van der Waals surface area contributed by atoms with Gasteiger partial charge in [-0.2, -0.15) is 0 Å². The Bertz CT molecular complexity index is 508. The molecule has 1 aromatic rings. The summed E-state index contributed by atoms with van der Waals surface area (Å²) in [7, 11) is 0. The van der Waals surface area contributed by atoms with Crippen LogP contribution in [0.2, 0.25) is 0 Å². The van der Waals surface area contributed by atoms with E-state index in [1.165, 1.54) is 25.0 Å². The zero-order valence-electron chi connectivity index (χ0n) is 13.4. The van der Waals surface area contributed by atoms with Crippen LogP contribution in [0.1, 0.15) is 43.7 Å². The van der Waals surface area contributed by atoms with Crippen LogP contribution in [-0.2, 0) is 9.53 Å². The molecule has 2 unspecified atom stereocenters. The third-order valence-corrected chi connectivity index (χ3v) is 4.85. The third-order valence-electron chi connectivity index (χ3n) is 4.85. The number of ether oxygens (including phenoxy) is 1. The molecule has 1 aliphatic heterocycles. The van der Waals surface area contributed by atoms with Gasteiger partial charge in [-0.1, -0.05) is 25.0 Å². The van der Waals surface area contributed by atoms with Gasteiger partial charge in [0.1, 0.15) is 5.82 Å². The van der Waals surface area contributed by atoms with E-state index >= 15 is 0 Å². The molecule has 1 amide bonds. The smallest absolute Gasteiger partial charge is 0.222 e. The van der Waals surface area contributed by atoms with E-state index < -0.39 is 0 Å². The molecule has 0 bridgehead atoms. The topological polar surface area (TPSA) is 50.4 Å². The Morgan fingerprint density at radius 1 is 1.30 bits per heavy atom. The summed E-state index contributed by atoms with van der Waals surface area (Å²) < 4.78 is 18.6. The number of hydrogen-bond donors (Lipinski definition) is 2. The van der Waals surface area contributed by atoms with Gasteiger partial charge in [0.2, 0.25) is 5.91 Å². The quantitative estimate of drug-likeness (QED) is 0.876. The van der Waals surface area contributed by atoms with Crippen molar-refractivity contribution in [2.45, 2.75) is 44.2 Å². The average Bonchev–Trinajstić information content (AvgIpc) is 3.09. The fourth-order valence-corrected chi connectivity index (χ4v) is 3.64. The maximum Gasteiger partial charge on any atom is 0.222 e. The first-order valence-corrected chi connectivity index (χ1v) is 8.58. The SMILES string of the molecule is O=C(CC1COCCN1)NC(c1ccc(F)cc1)C1CCCC1. The molecule has 1 aliphatic carbocycles. The number of amides is 1. The minimum atomic E-state index is -0.242. The molecule has 0 radical (unpaired) electrons. The summed E-state index contributed by atoms with van der Waals surface area (Å²) in [5, 5.41) is 6.49. The molecule has 5 heteroatoms. The number of benzene rings is 1. The summed E-state index contributed by atoms with van der Waals surface area (Å²) in [5.41, 5.74) is 1.000. The van der Waals surface area contributed by atoms with Gasteiger partial charge in [0, 0.05) is 19.0 Å². The second-order valence-corrected chi connectivity index (χ2v) is 6.57. The lowest BCUT2D eigenvalue weighted by molar-refractivity contribution is -0.123. The molecule has 0 spiro atoms. The number of hydrogen-bond acceptors (Lipinski definition) is 3. The molecule has 1 heterocycles. The van der Waals surface area contributed by atoms with Crippen LogP contribution in [0.25, 0.3) is 0 Å². The second kappa shape index (κ2) is 7.88. The summed E-state index contributed by atoms with van der Waals surface area (Å²) in [4.78, 5) is 12.4. The zero-order valence-corrected chi connectivity index (χ0v) is 13.4. The fraction of sp³-hybridized carbons (Fsp3) is 0.611. The molecule has 3 rings (SSSR count). The van der Waals surface area contributed by atoms with Crippen molar-refractivity contribution in [3.05, 3.63) is 35.6 Å². The molecule has 0 aromatic heterocycles. The van der Waals surface area contributed by atoms with Gasteiger partial charge in [-0.05, 0) is 36.5 Å². The Balaban J connectivity index is 1.65. The molecule has 1 aromatic carbocycles. The van der Waals surface area contributed by atoms with Crippen LogP contribution in [-0.4, -0.2) is 31.7 Å². The Morgan fingerprint density at radius 3 is 2.70 bits per heavy atom. The molecule has 2 fully saturated rings. The van der Waals surface area contributed by atoms with E-state index in [-0.39, 0.29) is 23.8 Å². The van der Waals surface area contributed by atoms with Gasteiger partial charge >= 0.3 is 0 Å². The van der Waals surface area contributed by atoms with Crippen LogP contribution in [0.5, 0.6) is 0 Å². The molecule has 1 saturated heterocycles. The number of nitrogens with one attached hydrogen (secondary N) is 2. The number of rotatable bonds is 5. The first-order chi connectivity index (χ1) is 11.2. The minimum Gasteiger partial charge on any atom is -0.378 e. The highest BCUT2D eigenvalue weighted by Crippen LogP contribution is 2.35. The van der Waals surface area contributed by atoms with E-state index in [9.17, 15) is 9.18 Å². The van der Waals surface area contributed by atoms with Gasteiger partial charge in [-0.15, -0.1) is 0 Å². The monoisotopic (exact) mass is 320 g/mol. The highest BCUT2D eigenvalue weighted by molar-refractivity contribution is 5.77. The normalized spacial score (nSPS) is 23.6. The van der Waals surface area contributed by atoms with Gasteiger partial charge in [0.25, 0.3) is 0 Å². The van der Waals surface area contributed by atoms with E-state index in [4.69, 9.17) is 4.74 Å². The number of morpholine rings is 1. The highest BCUT2D eigenvalue weighted by atomic mass is 19.1. The summed E-state index contributed by atoms with van der Waals surface area (Å²) in [6.45, 7) is 2.08. The molecular weight excluding hydrogens is 295 g/mol. The summed E-state index contributed by atoms with van der Waals surface area (Å²) in [6.07, 6.45) is 5.07. The predicted octanol–water partition coefficient (Wildman–Crippen LogP) is 2.55. The van der Waals surface area contributed by atoms with Crippen LogP contribution < -0.4 is 10.6 Å². The van der Waals surface area contributed by atoms with Crippen LogP contribution in [0.15, 0.2) is 24.3 Å². The van der Waals surface area contributed by atoms with Crippen LogP contribution in [0.3, 0.4) is 0 Å². The first kappa shape index (κ1) is 16.4. The molecule has 2 atom stereocenters. The molecule has 23 heavy (non-hydrogen) atoms. The van der Waals surface area contributed by atoms with Crippen molar-refractivity contribution >= 4 is 5.91 Å². The van der Waals surface area contributed by atoms with E-state index in [1.807, 2.05) is 0 Å². The third kappa shape index (κ3) is 4.52. The van der Waals surface area contributed by atoms with Crippen molar-refractivity contribution in [3.8, 4) is 0 Å². The summed E-state index contributed by atoms with van der Waals surface area (Å²) in [5.74, 6) is 0.239. The lowest BCUT2D eigenvalue weighted by atomic mass is 9.91. The van der Waals surface area contributed by atoms with Crippen molar-refractivity contribution in [1.82, 2.24) is 10.6 Å². The van der Waals surface area contributed by atoms with E-state index in [0.717, 1.165) is 24.9 Å². The van der Waals surface area contributed by atoms with Gasteiger partial charge < -0.3 is 15.4 Å². The number of halogens is 1. The standard InChI is InChI=1S/C18H25FN2O2/c19-15-7-5-14(6-8-15)18(13-3-1-2-4-13)21-17(22)11-16-12-23-10-9-20-16/h5-8,13,16,18,20H,1-4,9-12H2,(H,21,22). The van der Waals surface area contributed by atoms with Gasteiger partial charge in [-0.25, -0.2) is 4.39 Å². The maximum atomic E-state index is 13.2. The molecule has 126 valence electrons. The minimum absolute atomic E-state index is 0.0184. The highest BCUT2D eigenvalue weighted by Gasteiger charge is 2.28. The number of carbonyl (C=O) groups is 1. The van der Waals surface area contributed by atoms with Crippen molar-refractivity contribution in [2.24, 2.45) is 5.92 Å². The Hall–Kier alpha value is -1.46. The van der Waals surface area contributed by atoms with E-state index in [1.54, 1.807) is 12.1 Å². The Morgan fingerprint density at radius 2 is 2.04 bits per heavy atom. The fourth-order valence-electron chi connectivity index (χ4n) is 3.64. The number of carbonyl (C=O) groups excluding carboxylic acids is 1. The Labute approximate surface area is 136 Å². The molecule has 2 aliphatic rings. The first-order valence-electron chi connectivity index (χ1n) is 8.58. The van der Waals surface area contributed by atoms with Crippen molar-refractivity contribution in [1.29, 1.82) is 0 Å². The molecular formula is C18H25FN2O2. The van der Waals surface area contributed by atoms with Gasteiger partial charge in [0.05, 0.1) is 19.3 Å². The van der Waals surface area contributed by atoms with Crippen molar-refractivity contribution < 1.29 is 13.9 Å². The second-order valence-electron chi connectivity index (χ2n) is 6.57. The van der Waals surface area contributed by atoms with Crippen molar-refractivity contribution in [2.75, 3.05) is 19.8 Å². The van der Waals surface area contributed by atoms with Gasteiger partial charge in [0.15, 0.2) is 0 Å². The van der Waals surface area contributed by atoms with Gasteiger partial charge in [-0.3, -0.25) is 4.79 Å². The molecule has 2 N–H and O–H groups in total. The lowest BCUT2D eigenvalue weighted by Crippen LogP contribution is -2.45. The van der Waals surface area contributed by atoms with Crippen LogP contribution >= 0.6 is 0 Å². The van der Waals surface area contributed by atoms with Crippen molar-refractivity contribution in [3.63, 3.8) is 0 Å². The molecule has 4 nitrogen and oxygen atoms in total. The Kier molecular flexibility index (Phi) is 5.62. The summed E-state index contributed by atoms with van der Waals surface area (Å²) >= 11 is 0. The van der Waals surface area contributed by atoms with Crippen LogP contribution in [0.4, 0.5) is 4.39 Å². The zero-order chi connectivity index (χ0) is 16.1. The van der Waals surface area contributed by atoms with Crippen LogP contribution in [0, 0.1) is 11.7 Å². The largest absolute Gasteiger partial charge is 0.378 e. The lowest BCUT2D eigenvalue weighted by Gasteiger charge is -2.28. The summed E-state index contributed by atoms with van der Waals surface area (Å²) in [6, 6.07) is 6.59. The van der Waals surface area contributed by atoms with E-state index in [0.29, 0.717) is 25.6 Å². The maximum absolute atomic E-state index is 13.2. The van der Waals surface area contributed by atoms with E-state index in [2.05, 4.69) is 10.6 Å². The predicted molar refractivity (Wildman–Crippen MR) is 86.5 cm³/mol. The molecule has 1 saturated carbocycles.